The summed E-state index contributed by atoms with van der Waals surface area (Å²) in [6.45, 7) is 3.06. The molecule has 3 nitrogen and oxygen atoms in total. The van der Waals surface area contributed by atoms with Gasteiger partial charge >= 0.3 is 0 Å². The number of thiazole rings is 1. The van der Waals surface area contributed by atoms with Gasteiger partial charge in [0, 0.05) is 30.6 Å². The topological polar surface area (TPSA) is 37.8 Å². The fraction of sp³-hybridized carbons (Fsp3) is 0.333. The summed E-state index contributed by atoms with van der Waals surface area (Å²) >= 11 is 1.64. The van der Waals surface area contributed by atoms with Gasteiger partial charge in [-0.2, -0.15) is 0 Å². The number of hydrogen-bond donors (Lipinski definition) is 1. The van der Waals surface area contributed by atoms with Crippen LogP contribution in [-0.4, -0.2) is 16.5 Å². The van der Waals surface area contributed by atoms with Gasteiger partial charge in [0.25, 0.3) is 0 Å². The van der Waals surface area contributed by atoms with E-state index in [0.29, 0.717) is 6.04 Å². The van der Waals surface area contributed by atoms with Crippen LogP contribution in [0.5, 0.6) is 0 Å². The summed E-state index contributed by atoms with van der Waals surface area (Å²) in [6.07, 6.45) is 2.80. The Morgan fingerprint density at radius 2 is 2.31 bits per heavy atom. The van der Waals surface area contributed by atoms with Gasteiger partial charge in [-0.15, -0.1) is 11.3 Å². The highest BCUT2D eigenvalue weighted by atomic mass is 32.1. The molecule has 84 valence electrons. The predicted octanol–water partition coefficient (Wildman–Crippen LogP) is 2.43. The molecule has 0 bridgehead atoms. The fourth-order valence-corrected chi connectivity index (χ4v) is 2.11. The molecule has 0 saturated carbocycles. The number of hydrogen-bond acceptors (Lipinski definition) is 4. The van der Waals surface area contributed by atoms with Gasteiger partial charge in [-0.25, -0.2) is 4.98 Å². The van der Waals surface area contributed by atoms with Crippen LogP contribution in [0, 0.1) is 0 Å². The van der Waals surface area contributed by atoms with Crippen LogP contribution >= 0.6 is 11.3 Å². The highest BCUT2D eigenvalue weighted by Crippen LogP contribution is 2.08. The van der Waals surface area contributed by atoms with Gasteiger partial charge in [-0.05, 0) is 19.1 Å². The molecule has 2 aromatic heterocycles. The van der Waals surface area contributed by atoms with Crippen LogP contribution in [0.15, 0.2) is 35.3 Å². The molecular formula is C12H15N3S. The molecule has 0 aliphatic carbocycles. The van der Waals surface area contributed by atoms with E-state index in [4.69, 9.17) is 0 Å². The van der Waals surface area contributed by atoms with E-state index >= 15 is 0 Å². The highest BCUT2D eigenvalue weighted by molar-refractivity contribution is 7.07. The van der Waals surface area contributed by atoms with Crippen LogP contribution in [0.4, 0.5) is 0 Å². The zero-order chi connectivity index (χ0) is 11.2. The average molecular weight is 233 g/mol. The number of rotatable bonds is 5. The van der Waals surface area contributed by atoms with Crippen molar-refractivity contribution >= 4 is 11.3 Å². The maximum Gasteiger partial charge on any atom is 0.0794 e. The SMILES string of the molecule is CC(NCCc1cscn1)c1ccccn1. The quantitative estimate of drug-likeness (QED) is 0.862. The monoisotopic (exact) mass is 233 g/mol. The average Bonchev–Trinajstić information content (AvgIpc) is 2.83. The molecule has 0 aromatic carbocycles. The Bertz CT molecular complexity index is 399. The first-order chi connectivity index (χ1) is 7.86. The summed E-state index contributed by atoms with van der Waals surface area (Å²) in [5, 5.41) is 5.53. The van der Waals surface area contributed by atoms with Crippen LogP contribution in [0.1, 0.15) is 24.4 Å². The second kappa shape index (κ2) is 5.72. The summed E-state index contributed by atoms with van der Waals surface area (Å²) < 4.78 is 0. The molecule has 0 amide bonds. The lowest BCUT2D eigenvalue weighted by Gasteiger charge is -2.12. The van der Waals surface area contributed by atoms with Crippen molar-refractivity contribution in [2.45, 2.75) is 19.4 Å². The molecule has 0 spiro atoms. The van der Waals surface area contributed by atoms with Crippen molar-refractivity contribution in [3.05, 3.63) is 46.7 Å². The molecule has 2 heterocycles. The summed E-state index contributed by atoms with van der Waals surface area (Å²) in [7, 11) is 0. The minimum Gasteiger partial charge on any atom is -0.308 e. The molecule has 16 heavy (non-hydrogen) atoms. The van der Waals surface area contributed by atoms with Gasteiger partial charge in [0.05, 0.1) is 16.9 Å². The second-order valence-electron chi connectivity index (χ2n) is 3.66. The molecule has 0 radical (unpaired) electrons. The van der Waals surface area contributed by atoms with Gasteiger partial charge in [0.2, 0.25) is 0 Å². The van der Waals surface area contributed by atoms with Crippen molar-refractivity contribution < 1.29 is 0 Å². The normalized spacial score (nSPS) is 12.6. The van der Waals surface area contributed by atoms with E-state index < -0.39 is 0 Å². The van der Waals surface area contributed by atoms with Gasteiger partial charge in [0.15, 0.2) is 0 Å². The van der Waals surface area contributed by atoms with Crippen LogP contribution < -0.4 is 5.32 Å². The zero-order valence-electron chi connectivity index (χ0n) is 9.26. The third kappa shape index (κ3) is 3.12. The number of nitrogens with zero attached hydrogens (tertiary/aromatic N) is 2. The lowest BCUT2D eigenvalue weighted by Crippen LogP contribution is -2.22. The molecular weight excluding hydrogens is 218 g/mol. The maximum atomic E-state index is 4.32. The Morgan fingerprint density at radius 1 is 1.38 bits per heavy atom. The summed E-state index contributed by atoms with van der Waals surface area (Å²) in [5.74, 6) is 0. The lowest BCUT2D eigenvalue weighted by molar-refractivity contribution is 0.562. The number of pyridine rings is 1. The van der Waals surface area contributed by atoms with Crippen molar-refractivity contribution in [2.75, 3.05) is 6.54 Å². The molecule has 2 rings (SSSR count). The third-order valence-electron chi connectivity index (χ3n) is 2.45. The van der Waals surface area contributed by atoms with Crippen molar-refractivity contribution in [3.63, 3.8) is 0 Å². The van der Waals surface area contributed by atoms with Crippen molar-refractivity contribution in [3.8, 4) is 0 Å². The van der Waals surface area contributed by atoms with E-state index in [1.807, 2.05) is 29.9 Å². The molecule has 2 aromatic rings. The molecule has 1 unspecified atom stereocenters. The Hall–Kier alpha value is -1.26. The molecule has 0 aliphatic rings. The van der Waals surface area contributed by atoms with Crippen molar-refractivity contribution in [1.82, 2.24) is 15.3 Å². The largest absolute Gasteiger partial charge is 0.308 e. The molecule has 1 atom stereocenters. The standard InChI is InChI=1S/C12H15N3S/c1-10(12-4-2-3-6-14-12)13-7-5-11-8-16-9-15-11/h2-4,6,8-10,13H,5,7H2,1H3. The van der Waals surface area contributed by atoms with Crippen molar-refractivity contribution in [1.29, 1.82) is 0 Å². The predicted molar refractivity (Wildman–Crippen MR) is 66.5 cm³/mol. The van der Waals surface area contributed by atoms with Gasteiger partial charge < -0.3 is 5.32 Å². The van der Waals surface area contributed by atoms with Crippen LogP contribution in [0.25, 0.3) is 0 Å². The summed E-state index contributed by atoms with van der Waals surface area (Å²) in [6, 6.07) is 6.28. The molecule has 0 aliphatic heterocycles. The molecule has 1 N–H and O–H groups in total. The Morgan fingerprint density at radius 3 is 3.00 bits per heavy atom. The van der Waals surface area contributed by atoms with Gasteiger partial charge in [-0.1, -0.05) is 6.07 Å². The first kappa shape index (κ1) is 11.2. The maximum absolute atomic E-state index is 4.32. The van der Waals surface area contributed by atoms with E-state index in [1.165, 1.54) is 0 Å². The molecule has 4 heteroatoms. The van der Waals surface area contributed by atoms with Crippen LogP contribution in [-0.2, 0) is 6.42 Å². The Kier molecular flexibility index (Phi) is 4.02. The van der Waals surface area contributed by atoms with E-state index in [2.05, 4.69) is 27.6 Å². The minimum absolute atomic E-state index is 0.292. The first-order valence-corrected chi connectivity index (χ1v) is 6.32. The van der Waals surface area contributed by atoms with Crippen molar-refractivity contribution in [2.24, 2.45) is 0 Å². The summed E-state index contributed by atoms with van der Waals surface area (Å²) in [4.78, 5) is 8.57. The Balaban J connectivity index is 1.78. The fourth-order valence-electron chi connectivity index (χ4n) is 1.51. The van der Waals surface area contributed by atoms with E-state index in [1.54, 1.807) is 11.3 Å². The third-order valence-corrected chi connectivity index (χ3v) is 3.08. The van der Waals surface area contributed by atoms with E-state index in [0.717, 1.165) is 24.4 Å². The first-order valence-electron chi connectivity index (χ1n) is 5.37. The van der Waals surface area contributed by atoms with E-state index in [-0.39, 0.29) is 0 Å². The highest BCUT2D eigenvalue weighted by Gasteiger charge is 2.04. The summed E-state index contributed by atoms with van der Waals surface area (Å²) in [5.41, 5.74) is 4.11. The smallest absolute Gasteiger partial charge is 0.0794 e. The number of nitrogens with one attached hydrogen (secondary N) is 1. The van der Waals surface area contributed by atoms with Gasteiger partial charge in [-0.3, -0.25) is 4.98 Å². The second-order valence-corrected chi connectivity index (χ2v) is 4.38. The minimum atomic E-state index is 0.292. The van der Waals surface area contributed by atoms with Crippen LogP contribution in [0.2, 0.25) is 0 Å². The molecule has 0 saturated heterocycles. The zero-order valence-corrected chi connectivity index (χ0v) is 10.1. The van der Waals surface area contributed by atoms with Gasteiger partial charge in [0.1, 0.15) is 0 Å². The van der Waals surface area contributed by atoms with E-state index in [9.17, 15) is 0 Å². The lowest BCUT2D eigenvalue weighted by atomic mass is 10.2. The van der Waals surface area contributed by atoms with Crippen LogP contribution in [0.3, 0.4) is 0 Å². The molecule has 0 fully saturated rings. The Labute approximate surface area is 99.6 Å². The number of aromatic nitrogens is 2.